The van der Waals surface area contributed by atoms with Crippen molar-refractivity contribution >= 4 is 17.6 Å². The second-order valence-electron chi connectivity index (χ2n) is 9.01. The molecule has 0 saturated heterocycles. The number of hydrogen-bond acceptors (Lipinski definition) is 4. The first kappa shape index (κ1) is 19.2. The van der Waals surface area contributed by atoms with Gasteiger partial charge in [0.1, 0.15) is 0 Å². The summed E-state index contributed by atoms with van der Waals surface area (Å²) < 4.78 is 29.9. The Morgan fingerprint density at radius 3 is 2.73 bits per heavy atom. The number of nitrogens with zero attached hydrogens (tertiary/aromatic N) is 3. The summed E-state index contributed by atoms with van der Waals surface area (Å²) in [4.78, 5) is 23.8. The minimum absolute atomic E-state index is 0.0965. The number of fused-ring (bicyclic) bond motifs is 2. The van der Waals surface area contributed by atoms with Gasteiger partial charge in [-0.15, -0.1) is 0 Å². The second-order valence-corrected chi connectivity index (χ2v) is 9.01. The molecule has 2 aromatic heterocycles. The smallest absolute Gasteiger partial charge is 0.306 e. The van der Waals surface area contributed by atoms with Gasteiger partial charge in [-0.1, -0.05) is 6.92 Å². The summed E-state index contributed by atoms with van der Waals surface area (Å²) in [5.74, 6) is -4.96. The monoisotopic (exact) mass is 419 g/mol. The van der Waals surface area contributed by atoms with Crippen LogP contribution in [0.1, 0.15) is 60.4 Å². The van der Waals surface area contributed by atoms with Crippen LogP contribution in [0.2, 0.25) is 0 Å². The highest BCUT2D eigenvalue weighted by atomic mass is 19.3. The van der Waals surface area contributed by atoms with E-state index in [9.17, 15) is 18.4 Å². The SMILES string of the molecule is C[C@@]12Cc3[nH]nc(C(=O)Nc4cnn(C5CCC(C(=O)O)CC5)c4)c3C[C@@H]1C2(F)F. The highest BCUT2D eigenvalue weighted by molar-refractivity contribution is 6.04. The van der Waals surface area contributed by atoms with Gasteiger partial charge in [0.05, 0.1) is 23.8 Å². The lowest BCUT2D eigenvalue weighted by atomic mass is 9.86. The average molecular weight is 419 g/mol. The third-order valence-electron chi connectivity index (χ3n) is 7.28. The fourth-order valence-corrected chi connectivity index (χ4v) is 5.18. The third kappa shape index (κ3) is 2.76. The van der Waals surface area contributed by atoms with Gasteiger partial charge in [0.2, 0.25) is 0 Å². The van der Waals surface area contributed by atoms with Crippen molar-refractivity contribution in [3.63, 3.8) is 0 Å². The van der Waals surface area contributed by atoms with Crippen LogP contribution in [0.5, 0.6) is 0 Å². The highest BCUT2D eigenvalue weighted by Crippen LogP contribution is 2.70. The fraction of sp³-hybridized carbons (Fsp3) is 0.600. The number of amides is 1. The van der Waals surface area contributed by atoms with Crippen LogP contribution in [0.15, 0.2) is 12.4 Å². The van der Waals surface area contributed by atoms with Crippen molar-refractivity contribution < 1.29 is 23.5 Å². The molecule has 3 aliphatic rings. The van der Waals surface area contributed by atoms with E-state index in [2.05, 4.69) is 20.6 Å². The van der Waals surface area contributed by atoms with Gasteiger partial charge in [-0.05, 0) is 32.1 Å². The summed E-state index contributed by atoms with van der Waals surface area (Å²) >= 11 is 0. The van der Waals surface area contributed by atoms with Gasteiger partial charge >= 0.3 is 5.97 Å². The second kappa shape index (κ2) is 6.36. The molecule has 3 N–H and O–H groups in total. The highest BCUT2D eigenvalue weighted by Gasteiger charge is 2.78. The predicted molar refractivity (Wildman–Crippen MR) is 101 cm³/mol. The molecule has 0 aliphatic heterocycles. The Labute approximate surface area is 171 Å². The molecule has 2 saturated carbocycles. The number of anilines is 1. The Bertz CT molecular complexity index is 1020. The average Bonchev–Trinajstić information content (AvgIpc) is 3.15. The molecule has 1 amide bonds. The zero-order chi connectivity index (χ0) is 21.3. The van der Waals surface area contributed by atoms with E-state index < -0.39 is 29.1 Å². The Morgan fingerprint density at radius 1 is 1.30 bits per heavy atom. The summed E-state index contributed by atoms with van der Waals surface area (Å²) in [5, 5.41) is 23.0. The van der Waals surface area contributed by atoms with Gasteiger partial charge < -0.3 is 10.4 Å². The molecule has 0 aromatic carbocycles. The van der Waals surface area contributed by atoms with Gasteiger partial charge in [0.25, 0.3) is 11.8 Å². The zero-order valence-electron chi connectivity index (χ0n) is 16.5. The van der Waals surface area contributed by atoms with Crippen LogP contribution in [0.25, 0.3) is 0 Å². The molecule has 8 nitrogen and oxygen atoms in total. The van der Waals surface area contributed by atoms with E-state index in [0.29, 0.717) is 42.6 Å². The molecule has 0 radical (unpaired) electrons. The lowest BCUT2D eigenvalue weighted by molar-refractivity contribution is -0.143. The van der Waals surface area contributed by atoms with Crippen LogP contribution < -0.4 is 5.32 Å². The molecule has 2 heterocycles. The molecule has 2 fully saturated rings. The number of H-pyrrole nitrogens is 1. The number of carboxylic acids is 1. The quantitative estimate of drug-likeness (QED) is 0.705. The van der Waals surface area contributed by atoms with Crippen LogP contribution in [0.4, 0.5) is 14.5 Å². The number of aromatic nitrogens is 4. The fourth-order valence-electron chi connectivity index (χ4n) is 5.18. The maximum Gasteiger partial charge on any atom is 0.306 e. The molecule has 30 heavy (non-hydrogen) atoms. The number of aromatic amines is 1. The van der Waals surface area contributed by atoms with Crippen molar-refractivity contribution in [2.75, 3.05) is 5.32 Å². The number of rotatable bonds is 4. The van der Waals surface area contributed by atoms with Crippen molar-refractivity contribution in [3.05, 3.63) is 29.3 Å². The van der Waals surface area contributed by atoms with Crippen molar-refractivity contribution in [1.29, 1.82) is 0 Å². The first-order valence-corrected chi connectivity index (χ1v) is 10.2. The Balaban J connectivity index is 1.26. The van der Waals surface area contributed by atoms with E-state index in [-0.39, 0.29) is 30.5 Å². The minimum Gasteiger partial charge on any atom is -0.481 e. The Hall–Kier alpha value is -2.78. The van der Waals surface area contributed by atoms with E-state index >= 15 is 0 Å². The summed E-state index contributed by atoms with van der Waals surface area (Å²) in [6, 6.07) is 0.0965. The number of nitrogens with one attached hydrogen (secondary N) is 2. The molecule has 10 heteroatoms. The molecular formula is C20H23F2N5O3. The van der Waals surface area contributed by atoms with Gasteiger partial charge in [0.15, 0.2) is 5.69 Å². The molecule has 160 valence electrons. The molecule has 0 bridgehead atoms. The van der Waals surface area contributed by atoms with Gasteiger partial charge in [0, 0.05) is 35.2 Å². The van der Waals surface area contributed by atoms with Crippen molar-refractivity contribution in [2.45, 2.75) is 57.4 Å². The van der Waals surface area contributed by atoms with E-state index in [1.165, 1.54) is 6.20 Å². The topological polar surface area (TPSA) is 113 Å². The zero-order valence-corrected chi connectivity index (χ0v) is 16.5. The normalized spacial score (nSPS) is 31.5. The standard InChI is InChI=1S/C20H23F2N5O3/c1-19-7-14-13(6-15(19)20(19,21)22)16(26-25-14)17(28)24-11-8-23-27(9-11)12-4-2-10(3-5-12)18(29)30/h8-10,12,15H,2-7H2,1H3,(H,24,28)(H,25,26)(H,29,30)/t10?,12?,15-,19+/m0/s1. The molecule has 0 unspecified atom stereocenters. The van der Waals surface area contributed by atoms with Crippen molar-refractivity contribution in [2.24, 2.45) is 17.3 Å². The predicted octanol–water partition coefficient (Wildman–Crippen LogP) is 3.04. The molecule has 5 rings (SSSR count). The van der Waals surface area contributed by atoms with Crippen LogP contribution in [0, 0.1) is 17.3 Å². The van der Waals surface area contributed by atoms with Gasteiger partial charge in [-0.25, -0.2) is 8.78 Å². The number of alkyl halides is 2. The number of carboxylic acid groups (broad SMARTS) is 1. The van der Waals surface area contributed by atoms with E-state index in [1.807, 2.05) is 0 Å². The summed E-state index contributed by atoms with van der Waals surface area (Å²) in [7, 11) is 0. The summed E-state index contributed by atoms with van der Waals surface area (Å²) in [6.45, 7) is 1.58. The van der Waals surface area contributed by atoms with E-state index in [4.69, 9.17) is 5.11 Å². The largest absolute Gasteiger partial charge is 0.481 e. The first-order valence-electron chi connectivity index (χ1n) is 10.2. The van der Waals surface area contributed by atoms with Gasteiger partial charge in [-0.3, -0.25) is 19.4 Å². The van der Waals surface area contributed by atoms with Crippen molar-refractivity contribution in [3.8, 4) is 0 Å². The molecule has 3 aliphatic carbocycles. The molecule has 0 spiro atoms. The van der Waals surface area contributed by atoms with E-state index in [1.54, 1.807) is 17.8 Å². The summed E-state index contributed by atoms with van der Waals surface area (Å²) in [5.41, 5.74) is 0.800. The molecule has 2 atom stereocenters. The maximum absolute atomic E-state index is 14.1. The lowest BCUT2D eigenvalue weighted by Gasteiger charge is -2.26. The van der Waals surface area contributed by atoms with Crippen LogP contribution >= 0.6 is 0 Å². The minimum atomic E-state index is -2.71. The third-order valence-corrected chi connectivity index (χ3v) is 7.28. The van der Waals surface area contributed by atoms with Crippen LogP contribution in [-0.2, 0) is 17.6 Å². The van der Waals surface area contributed by atoms with Crippen molar-refractivity contribution in [1.82, 2.24) is 20.0 Å². The number of halogens is 2. The first-order chi connectivity index (χ1) is 14.2. The molecular weight excluding hydrogens is 396 g/mol. The Morgan fingerprint density at radius 2 is 2.03 bits per heavy atom. The van der Waals surface area contributed by atoms with Crippen LogP contribution in [-0.4, -0.2) is 42.9 Å². The van der Waals surface area contributed by atoms with Crippen LogP contribution in [0.3, 0.4) is 0 Å². The number of hydrogen-bond donors (Lipinski definition) is 3. The number of carbonyl (C=O) groups excluding carboxylic acids is 1. The number of carbonyl (C=O) groups is 2. The Kier molecular flexibility index (Phi) is 4.07. The van der Waals surface area contributed by atoms with E-state index in [0.717, 1.165) is 0 Å². The number of aliphatic carboxylic acids is 1. The maximum atomic E-state index is 14.1. The lowest BCUT2D eigenvalue weighted by Crippen LogP contribution is -2.23. The summed E-state index contributed by atoms with van der Waals surface area (Å²) in [6.07, 6.45) is 6.22. The molecule has 2 aromatic rings. The van der Waals surface area contributed by atoms with Gasteiger partial charge in [-0.2, -0.15) is 10.2 Å².